The largest absolute Gasteiger partial charge is 0.478 e. The Labute approximate surface area is 95.9 Å². The molecule has 0 spiro atoms. The molecule has 0 saturated heterocycles. The number of carbonyl (C=O) groups is 1. The van der Waals surface area contributed by atoms with Crippen LogP contribution in [-0.4, -0.2) is 20.7 Å². The first kappa shape index (κ1) is 10.6. The fourth-order valence-corrected chi connectivity index (χ4v) is 1.72. The second kappa shape index (κ2) is 4.71. The van der Waals surface area contributed by atoms with Crippen LogP contribution < -0.4 is 5.32 Å². The number of carboxylic acid groups (broad SMARTS) is 1. The summed E-state index contributed by atoms with van der Waals surface area (Å²) >= 11 is 1.27. The monoisotopic (exact) mass is 235 g/mol. The Kier molecular flexibility index (Phi) is 3.11. The SMILES string of the molecule is O=C(O)c1ccccc1NCc1csnn1. The van der Waals surface area contributed by atoms with E-state index in [2.05, 4.69) is 14.9 Å². The van der Waals surface area contributed by atoms with Crippen LogP contribution in [0.5, 0.6) is 0 Å². The molecule has 0 fully saturated rings. The number of hydrogen-bond donors (Lipinski definition) is 2. The molecule has 0 bridgehead atoms. The summed E-state index contributed by atoms with van der Waals surface area (Å²) in [6.45, 7) is 0.473. The van der Waals surface area contributed by atoms with Crippen molar-refractivity contribution in [3.05, 3.63) is 40.9 Å². The molecule has 5 nitrogen and oxygen atoms in total. The number of anilines is 1. The second-order valence-corrected chi connectivity index (χ2v) is 3.71. The van der Waals surface area contributed by atoms with Crippen molar-refractivity contribution in [3.63, 3.8) is 0 Å². The van der Waals surface area contributed by atoms with Gasteiger partial charge in [-0.05, 0) is 23.7 Å². The standard InChI is InChI=1S/C10H9N3O2S/c14-10(15)8-3-1-2-4-9(8)11-5-7-6-16-13-12-7/h1-4,6,11H,5H2,(H,14,15). The van der Waals surface area contributed by atoms with Gasteiger partial charge in [-0.25, -0.2) is 4.79 Å². The molecular formula is C10H9N3O2S. The molecule has 1 aromatic heterocycles. The summed E-state index contributed by atoms with van der Waals surface area (Å²) in [4.78, 5) is 10.9. The summed E-state index contributed by atoms with van der Waals surface area (Å²) in [7, 11) is 0. The Balaban J connectivity index is 2.12. The number of aromatic carboxylic acids is 1. The first-order valence-corrected chi connectivity index (χ1v) is 5.43. The van der Waals surface area contributed by atoms with Gasteiger partial charge in [-0.15, -0.1) is 5.10 Å². The maximum absolute atomic E-state index is 10.9. The molecular weight excluding hydrogens is 226 g/mol. The van der Waals surface area contributed by atoms with Crippen LogP contribution in [0.4, 0.5) is 5.69 Å². The van der Waals surface area contributed by atoms with E-state index in [4.69, 9.17) is 5.11 Å². The molecule has 0 aliphatic heterocycles. The highest BCUT2D eigenvalue weighted by Crippen LogP contribution is 2.15. The topological polar surface area (TPSA) is 75.1 Å². The number of carboxylic acids is 1. The average Bonchev–Trinajstić information content (AvgIpc) is 2.79. The normalized spacial score (nSPS) is 10.0. The Morgan fingerprint density at radius 1 is 1.44 bits per heavy atom. The number of nitrogens with zero attached hydrogens (tertiary/aromatic N) is 2. The molecule has 2 rings (SSSR count). The van der Waals surface area contributed by atoms with E-state index in [0.29, 0.717) is 12.2 Å². The van der Waals surface area contributed by atoms with Gasteiger partial charge in [0.2, 0.25) is 0 Å². The van der Waals surface area contributed by atoms with Crippen LogP contribution in [0.2, 0.25) is 0 Å². The predicted octanol–water partition coefficient (Wildman–Crippen LogP) is 1.85. The zero-order valence-electron chi connectivity index (χ0n) is 8.25. The van der Waals surface area contributed by atoms with Gasteiger partial charge in [0, 0.05) is 11.1 Å². The van der Waals surface area contributed by atoms with E-state index < -0.39 is 5.97 Å². The van der Waals surface area contributed by atoms with Gasteiger partial charge < -0.3 is 10.4 Å². The molecule has 1 aromatic carbocycles. The van der Waals surface area contributed by atoms with Crippen molar-refractivity contribution < 1.29 is 9.90 Å². The van der Waals surface area contributed by atoms with Gasteiger partial charge in [0.25, 0.3) is 0 Å². The fourth-order valence-electron chi connectivity index (χ4n) is 1.27. The van der Waals surface area contributed by atoms with Gasteiger partial charge in [0.05, 0.1) is 17.8 Å². The smallest absolute Gasteiger partial charge is 0.337 e. The van der Waals surface area contributed by atoms with E-state index in [1.165, 1.54) is 11.5 Å². The van der Waals surface area contributed by atoms with Crippen LogP contribution in [0.15, 0.2) is 29.6 Å². The number of benzene rings is 1. The number of hydrogen-bond acceptors (Lipinski definition) is 5. The van der Waals surface area contributed by atoms with Gasteiger partial charge in [-0.3, -0.25) is 0 Å². The first-order valence-electron chi connectivity index (χ1n) is 4.59. The van der Waals surface area contributed by atoms with Crippen LogP contribution in [-0.2, 0) is 6.54 Å². The lowest BCUT2D eigenvalue weighted by Gasteiger charge is -2.07. The van der Waals surface area contributed by atoms with Crippen LogP contribution >= 0.6 is 11.5 Å². The molecule has 82 valence electrons. The summed E-state index contributed by atoms with van der Waals surface area (Å²) in [5, 5.41) is 17.7. The quantitative estimate of drug-likeness (QED) is 0.845. The van der Waals surface area contributed by atoms with Crippen LogP contribution in [0.25, 0.3) is 0 Å². The van der Waals surface area contributed by atoms with E-state index in [1.54, 1.807) is 24.3 Å². The van der Waals surface area contributed by atoms with Crippen molar-refractivity contribution in [2.24, 2.45) is 0 Å². The van der Waals surface area contributed by atoms with E-state index in [0.717, 1.165) is 5.69 Å². The minimum absolute atomic E-state index is 0.255. The Morgan fingerprint density at radius 3 is 2.94 bits per heavy atom. The molecule has 0 aliphatic rings. The van der Waals surface area contributed by atoms with Gasteiger partial charge in [0.15, 0.2) is 0 Å². The van der Waals surface area contributed by atoms with Crippen molar-refractivity contribution in [2.75, 3.05) is 5.32 Å². The average molecular weight is 235 g/mol. The molecule has 16 heavy (non-hydrogen) atoms. The molecule has 2 N–H and O–H groups in total. The van der Waals surface area contributed by atoms with E-state index >= 15 is 0 Å². The molecule has 0 unspecified atom stereocenters. The summed E-state index contributed by atoms with van der Waals surface area (Å²) in [5.41, 5.74) is 1.64. The van der Waals surface area contributed by atoms with Crippen molar-refractivity contribution in [1.29, 1.82) is 0 Å². The third-order valence-corrected chi connectivity index (χ3v) is 2.58. The van der Waals surface area contributed by atoms with Gasteiger partial charge in [-0.1, -0.05) is 16.6 Å². The van der Waals surface area contributed by atoms with Gasteiger partial charge in [-0.2, -0.15) is 0 Å². The minimum Gasteiger partial charge on any atom is -0.478 e. The van der Waals surface area contributed by atoms with Crippen LogP contribution in [0.1, 0.15) is 16.1 Å². The Bertz CT molecular complexity index is 485. The summed E-state index contributed by atoms with van der Waals surface area (Å²) in [6, 6.07) is 6.76. The fraction of sp³-hybridized carbons (Fsp3) is 0.100. The van der Waals surface area contributed by atoms with Crippen LogP contribution in [0.3, 0.4) is 0 Å². The van der Waals surface area contributed by atoms with Gasteiger partial charge >= 0.3 is 5.97 Å². The van der Waals surface area contributed by atoms with Crippen molar-refractivity contribution >= 4 is 23.2 Å². The van der Waals surface area contributed by atoms with Crippen molar-refractivity contribution in [2.45, 2.75) is 6.54 Å². The first-order chi connectivity index (χ1) is 7.77. The third-order valence-electron chi connectivity index (χ3n) is 2.02. The molecule has 0 saturated carbocycles. The zero-order valence-corrected chi connectivity index (χ0v) is 9.07. The highest BCUT2D eigenvalue weighted by molar-refractivity contribution is 7.03. The van der Waals surface area contributed by atoms with E-state index in [-0.39, 0.29) is 5.56 Å². The highest BCUT2D eigenvalue weighted by atomic mass is 32.1. The van der Waals surface area contributed by atoms with Gasteiger partial charge in [0.1, 0.15) is 0 Å². The van der Waals surface area contributed by atoms with Crippen LogP contribution in [0, 0.1) is 0 Å². The van der Waals surface area contributed by atoms with E-state index in [9.17, 15) is 4.79 Å². The zero-order chi connectivity index (χ0) is 11.4. The summed E-state index contributed by atoms with van der Waals surface area (Å²) < 4.78 is 3.73. The Hall–Kier alpha value is -1.95. The molecule has 0 aliphatic carbocycles. The molecule has 2 aromatic rings. The lowest BCUT2D eigenvalue weighted by atomic mass is 10.2. The minimum atomic E-state index is -0.945. The second-order valence-electron chi connectivity index (χ2n) is 3.10. The van der Waals surface area contributed by atoms with Crippen molar-refractivity contribution in [3.8, 4) is 0 Å². The highest BCUT2D eigenvalue weighted by Gasteiger charge is 2.08. The molecule has 0 radical (unpaired) electrons. The summed E-state index contributed by atoms with van der Waals surface area (Å²) in [5.74, 6) is -0.945. The lowest BCUT2D eigenvalue weighted by molar-refractivity contribution is 0.0698. The molecule has 1 heterocycles. The maximum Gasteiger partial charge on any atom is 0.337 e. The maximum atomic E-state index is 10.9. The number of para-hydroxylation sites is 1. The number of rotatable bonds is 4. The number of nitrogens with one attached hydrogen (secondary N) is 1. The molecule has 6 heteroatoms. The van der Waals surface area contributed by atoms with E-state index in [1.807, 2.05) is 5.38 Å². The summed E-state index contributed by atoms with van der Waals surface area (Å²) in [6.07, 6.45) is 0. The Morgan fingerprint density at radius 2 is 2.25 bits per heavy atom. The predicted molar refractivity (Wildman–Crippen MR) is 60.6 cm³/mol. The number of aromatic nitrogens is 2. The molecule has 0 atom stereocenters. The lowest BCUT2D eigenvalue weighted by Crippen LogP contribution is -2.06. The third kappa shape index (κ3) is 2.34. The van der Waals surface area contributed by atoms with Crippen molar-refractivity contribution in [1.82, 2.24) is 9.59 Å². The molecule has 0 amide bonds.